The monoisotopic (exact) mass is 404 g/mol. The summed E-state index contributed by atoms with van der Waals surface area (Å²) in [7, 11) is 0. The number of hydrogen-bond donors (Lipinski definition) is 0. The first-order chi connectivity index (χ1) is 15.1. The minimum atomic E-state index is -0.196. The second-order valence-electron chi connectivity index (χ2n) is 8.52. The first kappa shape index (κ1) is 19.6. The first-order valence-corrected chi connectivity index (χ1v) is 11.1. The lowest BCUT2D eigenvalue weighted by Crippen LogP contribution is -2.26. The van der Waals surface area contributed by atoms with Gasteiger partial charge in [0.2, 0.25) is 0 Å². The second kappa shape index (κ2) is 7.42. The average Bonchev–Trinajstić information content (AvgIpc) is 3.36. The standard InChI is InChI=1S/C30H28O/c1-5-11-20(3)30(6-2)26-14-9-8-13-24(26)25-17-16-22(18-27(25)30)21(4)29-19-23-12-7-10-15-28(23)31-29/h5,7-18H,3,6,19H2,1-2,4H3/b11-5-,29-21-. The van der Waals surface area contributed by atoms with Crippen LogP contribution in [0, 0.1) is 0 Å². The molecule has 1 atom stereocenters. The Morgan fingerprint density at radius 1 is 1.00 bits per heavy atom. The number of hydrogen-bond acceptors (Lipinski definition) is 1. The van der Waals surface area contributed by atoms with Crippen LogP contribution in [-0.2, 0) is 11.8 Å². The van der Waals surface area contributed by atoms with Crippen LogP contribution in [0.2, 0.25) is 0 Å². The van der Waals surface area contributed by atoms with Gasteiger partial charge in [0.1, 0.15) is 11.5 Å². The van der Waals surface area contributed by atoms with Crippen molar-refractivity contribution in [3.63, 3.8) is 0 Å². The molecule has 1 aliphatic carbocycles. The summed E-state index contributed by atoms with van der Waals surface area (Å²) < 4.78 is 6.22. The van der Waals surface area contributed by atoms with Gasteiger partial charge in [0.25, 0.3) is 0 Å². The molecule has 1 unspecified atom stereocenters. The van der Waals surface area contributed by atoms with Crippen molar-refractivity contribution in [1.29, 1.82) is 0 Å². The molecular formula is C30H28O. The number of allylic oxidation sites excluding steroid dienone is 5. The van der Waals surface area contributed by atoms with Crippen LogP contribution in [0.3, 0.4) is 0 Å². The molecule has 0 saturated carbocycles. The van der Waals surface area contributed by atoms with Crippen molar-refractivity contribution in [2.24, 2.45) is 0 Å². The molecular weight excluding hydrogens is 376 g/mol. The molecule has 0 saturated heterocycles. The summed E-state index contributed by atoms with van der Waals surface area (Å²) in [5.41, 5.74) is 10.0. The molecule has 154 valence electrons. The Kier molecular flexibility index (Phi) is 4.70. The summed E-state index contributed by atoms with van der Waals surface area (Å²) in [5, 5.41) is 0. The van der Waals surface area contributed by atoms with Crippen LogP contribution in [0.4, 0.5) is 0 Å². The second-order valence-corrected chi connectivity index (χ2v) is 8.52. The molecule has 2 aliphatic rings. The first-order valence-electron chi connectivity index (χ1n) is 11.1. The minimum Gasteiger partial charge on any atom is -0.461 e. The summed E-state index contributed by atoms with van der Waals surface area (Å²) in [6.07, 6.45) is 6.09. The molecule has 31 heavy (non-hydrogen) atoms. The smallest absolute Gasteiger partial charge is 0.130 e. The van der Waals surface area contributed by atoms with E-state index in [-0.39, 0.29) is 5.41 Å². The molecule has 1 heteroatoms. The number of benzene rings is 3. The van der Waals surface area contributed by atoms with Crippen LogP contribution in [-0.4, -0.2) is 0 Å². The highest BCUT2D eigenvalue weighted by molar-refractivity contribution is 5.85. The lowest BCUT2D eigenvalue weighted by atomic mass is 9.70. The zero-order chi connectivity index (χ0) is 21.6. The van der Waals surface area contributed by atoms with E-state index in [2.05, 4.69) is 100 Å². The SMILES string of the molecule is C=C(/C=C\C)C1(CC)c2ccccc2-c2ccc(/C(C)=C3/Cc4ccccc4O3)cc21. The molecule has 0 amide bonds. The predicted molar refractivity (Wildman–Crippen MR) is 130 cm³/mol. The third-order valence-corrected chi connectivity index (χ3v) is 7.01. The Hall–Kier alpha value is -3.32. The maximum atomic E-state index is 6.22. The van der Waals surface area contributed by atoms with Crippen LogP contribution in [0.1, 0.15) is 49.4 Å². The Labute approximate surface area is 185 Å². The van der Waals surface area contributed by atoms with Gasteiger partial charge in [0, 0.05) is 17.4 Å². The van der Waals surface area contributed by atoms with Gasteiger partial charge in [-0.1, -0.05) is 80.3 Å². The lowest BCUT2D eigenvalue weighted by molar-refractivity contribution is 0.448. The third kappa shape index (κ3) is 2.84. The zero-order valence-corrected chi connectivity index (χ0v) is 18.5. The van der Waals surface area contributed by atoms with E-state index in [4.69, 9.17) is 4.74 Å². The molecule has 3 aromatic rings. The van der Waals surface area contributed by atoms with E-state index in [0.717, 1.165) is 29.9 Å². The molecule has 1 aliphatic heterocycles. The van der Waals surface area contributed by atoms with Crippen molar-refractivity contribution in [1.82, 2.24) is 0 Å². The van der Waals surface area contributed by atoms with Crippen molar-refractivity contribution in [3.8, 4) is 16.9 Å². The van der Waals surface area contributed by atoms with E-state index in [1.165, 1.54) is 39.0 Å². The maximum absolute atomic E-state index is 6.22. The quantitative estimate of drug-likeness (QED) is 0.402. The molecule has 0 fully saturated rings. The van der Waals surface area contributed by atoms with Gasteiger partial charge in [-0.2, -0.15) is 0 Å². The fourth-order valence-corrected chi connectivity index (χ4v) is 5.36. The molecule has 0 radical (unpaired) electrons. The van der Waals surface area contributed by atoms with Crippen molar-refractivity contribution in [3.05, 3.63) is 119 Å². The molecule has 0 aromatic heterocycles. The van der Waals surface area contributed by atoms with Crippen molar-refractivity contribution in [2.75, 3.05) is 0 Å². The largest absolute Gasteiger partial charge is 0.461 e. The highest BCUT2D eigenvalue weighted by Crippen LogP contribution is 2.55. The molecule has 0 N–H and O–H groups in total. The molecule has 0 bridgehead atoms. The van der Waals surface area contributed by atoms with Crippen LogP contribution in [0.25, 0.3) is 16.7 Å². The van der Waals surface area contributed by atoms with Gasteiger partial charge in [-0.05, 0) is 71.4 Å². The van der Waals surface area contributed by atoms with E-state index in [0.29, 0.717) is 0 Å². The number of ether oxygens (including phenoxy) is 1. The summed E-state index contributed by atoms with van der Waals surface area (Å²) in [6.45, 7) is 11.0. The van der Waals surface area contributed by atoms with E-state index in [1.54, 1.807) is 0 Å². The van der Waals surface area contributed by atoms with Gasteiger partial charge >= 0.3 is 0 Å². The maximum Gasteiger partial charge on any atom is 0.130 e. The Morgan fingerprint density at radius 3 is 2.52 bits per heavy atom. The fraction of sp³-hybridized carbons (Fsp3) is 0.200. The Balaban J connectivity index is 1.67. The summed E-state index contributed by atoms with van der Waals surface area (Å²) in [6, 6.07) is 24.0. The zero-order valence-electron chi connectivity index (χ0n) is 18.5. The predicted octanol–water partition coefficient (Wildman–Crippen LogP) is 7.86. The van der Waals surface area contributed by atoms with Gasteiger partial charge < -0.3 is 4.74 Å². The summed E-state index contributed by atoms with van der Waals surface area (Å²) in [5.74, 6) is 2.03. The topological polar surface area (TPSA) is 9.23 Å². The average molecular weight is 405 g/mol. The van der Waals surface area contributed by atoms with Crippen molar-refractivity contribution >= 4 is 5.57 Å². The molecule has 1 heterocycles. The highest BCUT2D eigenvalue weighted by atomic mass is 16.5. The fourth-order valence-electron chi connectivity index (χ4n) is 5.36. The van der Waals surface area contributed by atoms with Gasteiger partial charge in [0.15, 0.2) is 0 Å². The van der Waals surface area contributed by atoms with Crippen LogP contribution >= 0.6 is 0 Å². The molecule has 5 rings (SSSR count). The van der Waals surface area contributed by atoms with E-state index in [9.17, 15) is 0 Å². The van der Waals surface area contributed by atoms with Gasteiger partial charge in [-0.15, -0.1) is 0 Å². The van der Waals surface area contributed by atoms with Crippen LogP contribution in [0.5, 0.6) is 5.75 Å². The number of fused-ring (bicyclic) bond motifs is 4. The molecule has 0 spiro atoms. The van der Waals surface area contributed by atoms with Gasteiger partial charge in [0.05, 0.1) is 0 Å². The number of para-hydroxylation sites is 1. The normalized spacial score (nSPS) is 20.2. The van der Waals surface area contributed by atoms with Crippen molar-refractivity contribution in [2.45, 2.75) is 39.0 Å². The summed E-state index contributed by atoms with van der Waals surface area (Å²) >= 11 is 0. The van der Waals surface area contributed by atoms with E-state index in [1.807, 2.05) is 6.07 Å². The van der Waals surface area contributed by atoms with E-state index < -0.39 is 0 Å². The summed E-state index contributed by atoms with van der Waals surface area (Å²) in [4.78, 5) is 0. The lowest BCUT2D eigenvalue weighted by Gasteiger charge is -2.32. The number of rotatable bonds is 4. The van der Waals surface area contributed by atoms with Crippen LogP contribution < -0.4 is 4.74 Å². The highest BCUT2D eigenvalue weighted by Gasteiger charge is 2.43. The molecule has 3 aromatic carbocycles. The van der Waals surface area contributed by atoms with Gasteiger partial charge in [-0.3, -0.25) is 0 Å². The Bertz CT molecular complexity index is 1230. The van der Waals surface area contributed by atoms with Crippen LogP contribution in [0.15, 0.2) is 96.8 Å². The van der Waals surface area contributed by atoms with Gasteiger partial charge in [-0.25, -0.2) is 0 Å². The van der Waals surface area contributed by atoms with E-state index >= 15 is 0 Å². The minimum absolute atomic E-state index is 0.196. The third-order valence-electron chi connectivity index (χ3n) is 7.01. The van der Waals surface area contributed by atoms with Crippen molar-refractivity contribution < 1.29 is 4.74 Å². The Morgan fingerprint density at radius 2 is 1.74 bits per heavy atom. The molecule has 1 nitrogen and oxygen atoms in total.